The van der Waals surface area contributed by atoms with Crippen molar-refractivity contribution in [2.24, 2.45) is 9.36 Å². The molecule has 3 rings (SSSR count). The summed E-state index contributed by atoms with van der Waals surface area (Å²) in [5.41, 5.74) is 0.154. The highest BCUT2D eigenvalue weighted by atomic mass is 32.2. The number of rotatable bonds is 6. The zero-order valence-electron chi connectivity index (χ0n) is 17.6. The van der Waals surface area contributed by atoms with E-state index in [-0.39, 0.29) is 27.2 Å². The lowest BCUT2D eigenvalue weighted by atomic mass is 9.92. The van der Waals surface area contributed by atoms with E-state index >= 15 is 0 Å². The number of aliphatic hydroxyl groups is 1. The predicted molar refractivity (Wildman–Crippen MR) is 118 cm³/mol. The lowest BCUT2D eigenvalue weighted by Gasteiger charge is -2.16. The van der Waals surface area contributed by atoms with Crippen LogP contribution in [0, 0.1) is 17.1 Å². The van der Waals surface area contributed by atoms with E-state index in [9.17, 15) is 23.8 Å². The number of hydrogen-bond acceptors (Lipinski definition) is 7. The normalized spacial score (nSPS) is 15.5. The molecule has 1 N–H and O–H groups in total. The molecule has 1 atom stereocenters. The van der Waals surface area contributed by atoms with Gasteiger partial charge in [0.2, 0.25) is 0 Å². The molecule has 31 heavy (non-hydrogen) atoms. The van der Waals surface area contributed by atoms with Crippen molar-refractivity contribution >= 4 is 39.7 Å². The minimum atomic E-state index is -2.40. The summed E-state index contributed by atoms with van der Waals surface area (Å²) < 4.78 is 31.1. The average Bonchev–Trinajstić information content (AvgIpc) is 3.39. The summed E-state index contributed by atoms with van der Waals surface area (Å²) in [5, 5.41) is 19.6. The molecular weight excluding hydrogens is 439 g/mol. The van der Waals surface area contributed by atoms with Crippen LogP contribution < -0.4 is 0 Å². The van der Waals surface area contributed by atoms with Gasteiger partial charge in [0.1, 0.15) is 26.7 Å². The van der Waals surface area contributed by atoms with Gasteiger partial charge in [0, 0.05) is 5.56 Å². The maximum Gasteiger partial charge on any atom is 0.296 e. The van der Waals surface area contributed by atoms with Gasteiger partial charge in [-0.3, -0.25) is 9.79 Å². The Balaban J connectivity index is 1.94. The fourth-order valence-corrected chi connectivity index (χ4v) is 4.91. The minimum absolute atomic E-state index is 0.0311. The molecule has 1 aliphatic carbocycles. The van der Waals surface area contributed by atoms with Crippen molar-refractivity contribution in [3.05, 3.63) is 39.8 Å². The molecule has 2 aromatic rings. The molecule has 1 aromatic heterocycles. The van der Waals surface area contributed by atoms with E-state index in [1.54, 1.807) is 27.7 Å². The highest BCUT2D eigenvalue weighted by Gasteiger charge is 2.30. The van der Waals surface area contributed by atoms with Crippen LogP contribution >= 0.6 is 11.3 Å². The molecule has 1 fully saturated rings. The number of thiol groups is 1. The van der Waals surface area contributed by atoms with Gasteiger partial charge in [-0.25, -0.2) is 13.6 Å². The lowest BCUT2D eigenvalue weighted by molar-refractivity contribution is -0.111. The molecule has 0 saturated heterocycles. The third-order valence-corrected chi connectivity index (χ3v) is 7.44. The van der Waals surface area contributed by atoms with Crippen LogP contribution in [0.25, 0.3) is 0 Å². The molecule has 1 aliphatic rings. The van der Waals surface area contributed by atoms with Gasteiger partial charge in [0.25, 0.3) is 5.91 Å². The molecule has 1 amide bonds. The summed E-state index contributed by atoms with van der Waals surface area (Å²) in [6.07, 6.45) is 4.08. The SMILES string of the molecule is CC(C)c1c(F)c(C#N)cc(C2CC2)c1/N=C/C(=O)N=[SH](=O)c1cnc(C(C)(C)O)s1. The second-order valence-electron chi connectivity index (χ2n) is 8.16. The number of aliphatic imine (C=N–C) groups is 1. The number of carbonyl (C=O) groups is 1. The highest BCUT2D eigenvalue weighted by molar-refractivity contribution is 7.78. The van der Waals surface area contributed by atoms with Gasteiger partial charge in [-0.2, -0.15) is 9.62 Å². The molecule has 1 unspecified atom stereocenters. The standard InChI is InChI=1S/C21H23FN4O3S2/c1-11(2)17-18(22)13(8-23)7-14(12-5-6-12)19(17)24-9-15(27)26-31(29)16-10-25-20(30-16)21(3,4)28/h7,9-12,28,31H,5-6H2,1-4H3/b24-9+. The van der Waals surface area contributed by atoms with Crippen LogP contribution in [0.1, 0.15) is 74.1 Å². The van der Waals surface area contributed by atoms with Gasteiger partial charge in [0.15, 0.2) is 0 Å². The van der Waals surface area contributed by atoms with Gasteiger partial charge in [0.05, 0.1) is 34.3 Å². The first-order valence-corrected chi connectivity index (χ1v) is 11.8. The van der Waals surface area contributed by atoms with Gasteiger partial charge in [-0.1, -0.05) is 13.8 Å². The van der Waals surface area contributed by atoms with E-state index < -0.39 is 27.9 Å². The van der Waals surface area contributed by atoms with Crippen LogP contribution in [0.4, 0.5) is 10.1 Å². The molecule has 0 aliphatic heterocycles. The van der Waals surface area contributed by atoms with Crippen molar-refractivity contribution in [2.45, 2.75) is 62.2 Å². The number of aromatic nitrogens is 1. The zero-order valence-corrected chi connectivity index (χ0v) is 19.3. The average molecular weight is 463 g/mol. The van der Waals surface area contributed by atoms with E-state index in [0.717, 1.165) is 36.0 Å². The van der Waals surface area contributed by atoms with Crippen LogP contribution in [0.5, 0.6) is 0 Å². The van der Waals surface area contributed by atoms with Crippen molar-refractivity contribution in [2.75, 3.05) is 0 Å². The van der Waals surface area contributed by atoms with Gasteiger partial charge < -0.3 is 5.11 Å². The van der Waals surface area contributed by atoms with Crippen LogP contribution in [-0.2, 0) is 21.0 Å². The number of halogens is 1. The van der Waals surface area contributed by atoms with Crippen molar-refractivity contribution in [3.8, 4) is 6.07 Å². The second kappa shape index (κ2) is 8.94. The smallest absolute Gasteiger partial charge is 0.296 e. The van der Waals surface area contributed by atoms with Crippen LogP contribution in [0.15, 0.2) is 25.8 Å². The first-order valence-electron chi connectivity index (χ1n) is 9.75. The molecule has 1 heterocycles. The topological polar surface area (TPSA) is 116 Å². The van der Waals surface area contributed by atoms with Crippen molar-refractivity contribution in [3.63, 3.8) is 0 Å². The monoisotopic (exact) mass is 462 g/mol. The summed E-state index contributed by atoms with van der Waals surface area (Å²) >= 11 is 1.02. The molecule has 164 valence electrons. The van der Waals surface area contributed by atoms with E-state index in [0.29, 0.717) is 10.7 Å². The molecule has 1 aromatic carbocycles. The maximum absolute atomic E-state index is 14.8. The number of carbonyl (C=O) groups excluding carboxylic acids is 1. The van der Waals surface area contributed by atoms with Crippen molar-refractivity contribution < 1.29 is 18.5 Å². The third kappa shape index (κ3) is 5.23. The molecule has 0 spiro atoms. The van der Waals surface area contributed by atoms with Gasteiger partial charge in [-0.15, -0.1) is 11.3 Å². The van der Waals surface area contributed by atoms with E-state index in [1.165, 1.54) is 12.3 Å². The molecule has 10 heteroatoms. The molecule has 1 saturated carbocycles. The number of thiazole rings is 1. The first kappa shape index (κ1) is 23.2. The zero-order chi connectivity index (χ0) is 22.9. The Kier molecular flexibility index (Phi) is 6.69. The summed E-state index contributed by atoms with van der Waals surface area (Å²) in [4.78, 5) is 20.5. The predicted octanol–water partition coefficient (Wildman–Crippen LogP) is 4.33. The Hall–Kier alpha value is -2.48. The summed E-state index contributed by atoms with van der Waals surface area (Å²) in [6.45, 7) is 6.70. The third-order valence-electron chi connectivity index (χ3n) is 4.72. The van der Waals surface area contributed by atoms with E-state index in [1.807, 2.05) is 6.07 Å². The molecule has 7 nitrogen and oxygen atoms in total. The number of amides is 1. The fraction of sp³-hybridized carbons (Fsp3) is 0.429. The van der Waals surface area contributed by atoms with Gasteiger partial charge in [-0.05, 0) is 50.2 Å². The quantitative estimate of drug-likeness (QED) is 0.489. The van der Waals surface area contributed by atoms with Crippen LogP contribution in [0.3, 0.4) is 0 Å². The van der Waals surface area contributed by atoms with Crippen molar-refractivity contribution in [1.29, 1.82) is 5.26 Å². The first-order chi connectivity index (χ1) is 14.5. The van der Waals surface area contributed by atoms with Crippen molar-refractivity contribution in [1.82, 2.24) is 4.98 Å². The Morgan fingerprint density at radius 3 is 2.68 bits per heavy atom. The van der Waals surface area contributed by atoms with Gasteiger partial charge >= 0.3 is 0 Å². The summed E-state index contributed by atoms with van der Waals surface area (Å²) in [5.74, 6) is -1.52. The van der Waals surface area contributed by atoms with E-state index in [4.69, 9.17) is 0 Å². The lowest BCUT2D eigenvalue weighted by Crippen LogP contribution is -2.14. The van der Waals surface area contributed by atoms with Crippen LogP contribution in [-0.4, -0.2) is 26.4 Å². The summed E-state index contributed by atoms with van der Waals surface area (Å²) in [6, 6.07) is 3.39. The van der Waals surface area contributed by atoms with Crippen LogP contribution in [0.2, 0.25) is 0 Å². The Morgan fingerprint density at radius 2 is 2.16 bits per heavy atom. The molecule has 0 bridgehead atoms. The summed E-state index contributed by atoms with van der Waals surface area (Å²) in [7, 11) is -2.40. The van der Waals surface area contributed by atoms with E-state index in [2.05, 4.69) is 14.3 Å². The number of benzene rings is 1. The largest absolute Gasteiger partial charge is 0.383 e. The fourth-order valence-electron chi connectivity index (χ4n) is 3.07. The number of nitrogens with zero attached hydrogens (tertiary/aromatic N) is 4. The molecular formula is C21H23FN4O3S2. The Morgan fingerprint density at radius 1 is 1.48 bits per heavy atom. The Bertz CT molecular complexity index is 1180. The molecule has 0 radical (unpaired) electrons. The Labute approximate surface area is 185 Å². The highest BCUT2D eigenvalue weighted by Crippen LogP contribution is 2.48. The number of hydrogen-bond donors (Lipinski definition) is 2. The minimum Gasteiger partial charge on any atom is -0.383 e. The number of nitriles is 1. The second-order valence-corrected chi connectivity index (χ2v) is 10.7. The maximum atomic E-state index is 14.8.